The molecule has 1 atom stereocenters. The summed E-state index contributed by atoms with van der Waals surface area (Å²) in [6, 6.07) is 13.3. The van der Waals surface area contributed by atoms with Crippen LogP contribution in [0.15, 0.2) is 42.5 Å². The van der Waals surface area contributed by atoms with Crippen LogP contribution in [0.4, 0.5) is 0 Å². The Bertz CT molecular complexity index is 1040. The summed E-state index contributed by atoms with van der Waals surface area (Å²) in [6.45, 7) is 7.36. The molecule has 0 spiro atoms. The van der Waals surface area contributed by atoms with Gasteiger partial charge in [0.05, 0.1) is 0 Å². The number of carboxylic acids is 1. The molecule has 3 rings (SSSR count). The van der Waals surface area contributed by atoms with Crippen LogP contribution in [0, 0.1) is 12.8 Å². The second kappa shape index (κ2) is 15.9. The molecule has 0 radical (unpaired) electrons. The van der Waals surface area contributed by atoms with Gasteiger partial charge in [0.25, 0.3) is 5.91 Å². The first-order chi connectivity index (χ1) is 18.4. The normalized spacial score (nSPS) is 14.9. The van der Waals surface area contributed by atoms with Gasteiger partial charge in [-0.25, -0.2) is 4.79 Å². The Morgan fingerprint density at radius 1 is 1.08 bits per heavy atom. The lowest BCUT2D eigenvalue weighted by atomic mass is 9.87. The van der Waals surface area contributed by atoms with Crippen molar-refractivity contribution in [1.82, 2.24) is 10.2 Å². The lowest BCUT2D eigenvalue weighted by Gasteiger charge is -2.27. The van der Waals surface area contributed by atoms with Crippen molar-refractivity contribution in [2.45, 2.75) is 84.2 Å². The van der Waals surface area contributed by atoms with E-state index in [0.29, 0.717) is 17.7 Å². The predicted octanol–water partition coefficient (Wildman–Crippen LogP) is 7.17. The van der Waals surface area contributed by atoms with Crippen molar-refractivity contribution >= 4 is 23.6 Å². The van der Waals surface area contributed by atoms with Gasteiger partial charge in [-0.1, -0.05) is 75.8 Å². The van der Waals surface area contributed by atoms with E-state index >= 15 is 0 Å². The quantitative estimate of drug-likeness (QED) is 0.252. The number of unbranched alkanes of at least 4 members (excludes halogenated alkanes) is 1. The summed E-state index contributed by atoms with van der Waals surface area (Å²) in [7, 11) is 0. The standard InChI is InChI=1S/C32H46N2O3S/c1-4-5-19-34(20-17-25-12-7-6-8-13-25)23-26-15-16-28(29(22-26)27-14-10-9-11-24(27)2)31(35)33-30(32(36)37)18-21-38-3/h9-11,14-16,22,25,30H,4-8,12-13,17-21,23H2,1-3H3,(H,33,35)(H,36,37)/t30-/m1/s1. The molecule has 2 N–H and O–H groups in total. The molecule has 0 saturated heterocycles. The van der Waals surface area contributed by atoms with E-state index in [1.54, 1.807) is 11.8 Å². The first-order valence-corrected chi connectivity index (χ1v) is 15.8. The van der Waals surface area contributed by atoms with E-state index < -0.39 is 12.0 Å². The number of carbonyl (C=O) groups excluding carboxylic acids is 1. The predicted molar refractivity (Wildman–Crippen MR) is 160 cm³/mol. The third-order valence-electron chi connectivity index (χ3n) is 7.79. The van der Waals surface area contributed by atoms with Crippen molar-refractivity contribution < 1.29 is 14.7 Å². The fraction of sp³-hybridized carbons (Fsp3) is 0.562. The second-order valence-electron chi connectivity index (χ2n) is 10.8. The van der Waals surface area contributed by atoms with Gasteiger partial charge in [-0.3, -0.25) is 9.69 Å². The van der Waals surface area contributed by atoms with Gasteiger partial charge in [-0.05, 0) is 91.6 Å². The highest BCUT2D eigenvalue weighted by atomic mass is 32.2. The summed E-state index contributed by atoms with van der Waals surface area (Å²) < 4.78 is 0. The van der Waals surface area contributed by atoms with E-state index in [9.17, 15) is 14.7 Å². The van der Waals surface area contributed by atoms with E-state index in [4.69, 9.17) is 0 Å². The molecule has 2 aromatic rings. The van der Waals surface area contributed by atoms with E-state index in [2.05, 4.69) is 36.2 Å². The lowest BCUT2D eigenvalue weighted by Crippen LogP contribution is -2.41. The number of hydrogen-bond donors (Lipinski definition) is 2. The summed E-state index contributed by atoms with van der Waals surface area (Å²) >= 11 is 1.58. The van der Waals surface area contributed by atoms with Gasteiger partial charge in [0, 0.05) is 12.1 Å². The van der Waals surface area contributed by atoms with E-state index in [1.165, 1.54) is 56.9 Å². The van der Waals surface area contributed by atoms with Crippen molar-refractivity contribution in [3.8, 4) is 11.1 Å². The molecule has 0 bridgehead atoms. The Morgan fingerprint density at radius 2 is 1.84 bits per heavy atom. The van der Waals surface area contributed by atoms with Gasteiger partial charge in [-0.2, -0.15) is 11.8 Å². The molecule has 1 aliphatic rings. The van der Waals surface area contributed by atoms with Crippen molar-refractivity contribution in [3.63, 3.8) is 0 Å². The fourth-order valence-corrected chi connectivity index (χ4v) is 5.94. The minimum Gasteiger partial charge on any atom is -0.480 e. The zero-order valence-corrected chi connectivity index (χ0v) is 24.3. The Hall–Kier alpha value is -2.31. The summed E-state index contributed by atoms with van der Waals surface area (Å²) in [5, 5.41) is 12.4. The van der Waals surface area contributed by atoms with Crippen LogP contribution in [-0.4, -0.2) is 53.0 Å². The maximum absolute atomic E-state index is 13.4. The molecule has 6 heteroatoms. The number of hydrogen-bond acceptors (Lipinski definition) is 4. The third-order valence-corrected chi connectivity index (χ3v) is 8.43. The largest absolute Gasteiger partial charge is 0.480 e. The SMILES string of the molecule is CCCCN(CCC1CCCCC1)Cc1ccc(C(=O)N[C@H](CCSC)C(=O)O)c(-c2ccccc2C)c1. The maximum atomic E-state index is 13.4. The summed E-state index contributed by atoms with van der Waals surface area (Å²) in [4.78, 5) is 27.8. The van der Waals surface area contributed by atoms with Crippen LogP contribution in [0.25, 0.3) is 11.1 Å². The van der Waals surface area contributed by atoms with Crippen LogP contribution >= 0.6 is 11.8 Å². The van der Waals surface area contributed by atoms with Gasteiger partial charge in [0.2, 0.25) is 0 Å². The molecule has 208 valence electrons. The van der Waals surface area contributed by atoms with E-state index in [0.717, 1.165) is 42.2 Å². The number of benzene rings is 2. The first-order valence-electron chi connectivity index (χ1n) is 14.4. The number of nitrogens with one attached hydrogen (secondary N) is 1. The molecule has 38 heavy (non-hydrogen) atoms. The highest BCUT2D eigenvalue weighted by Gasteiger charge is 2.23. The van der Waals surface area contributed by atoms with E-state index in [1.807, 2.05) is 36.6 Å². The average molecular weight is 539 g/mol. The number of thioether (sulfide) groups is 1. The summed E-state index contributed by atoms with van der Waals surface area (Å²) in [5.41, 5.74) is 4.70. The van der Waals surface area contributed by atoms with Gasteiger partial charge < -0.3 is 10.4 Å². The van der Waals surface area contributed by atoms with E-state index in [-0.39, 0.29) is 5.91 Å². The van der Waals surface area contributed by atoms with Gasteiger partial charge in [0.15, 0.2) is 0 Å². The number of carboxylic acid groups (broad SMARTS) is 1. The molecular formula is C32H46N2O3S. The monoisotopic (exact) mass is 538 g/mol. The lowest BCUT2D eigenvalue weighted by molar-refractivity contribution is -0.139. The summed E-state index contributed by atoms with van der Waals surface area (Å²) in [5.74, 6) is 0.208. The van der Waals surface area contributed by atoms with Crippen molar-refractivity contribution in [2.24, 2.45) is 5.92 Å². The second-order valence-corrected chi connectivity index (χ2v) is 11.7. The molecule has 1 fully saturated rings. The Morgan fingerprint density at radius 3 is 2.53 bits per heavy atom. The van der Waals surface area contributed by atoms with Crippen LogP contribution in [0.5, 0.6) is 0 Å². The van der Waals surface area contributed by atoms with Crippen molar-refractivity contribution in [1.29, 1.82) is 0 Å². The van der Waals surface area contributed by atoms with Gasteiger partial charge >= 0.3 is 5.97 Å². The molecule has 0 unspecified atom stereocenters. The maximum Gasteiger partial charge on any atom is 0.326 e. The van der Waals surface area contributed by atoms with Gasteiger partial charge in [-0.15, -0.1) is 0 Å². The fourth-order valence-electron chi connectivity index (χ4n) is 5.47. The highest BCUT2D eigenvalue weighted by Crippen LogP contribution is 2.30. The van der Waals surface area contributed by atoms with Crippen LogP contribution in [-0.2, 0) is 11.3 Å². The summed E-state index contributed by atoms with van der Waals surface area (Å²) in [6.07, 6.45) is 12.9. The number of nitrogens with zero attached hydrogens (tertiary/aromatic N) is 1. The minimum absolute atomic E-state index is 0.330. The molecule has 2 aromatic carbocycles. The molecule has 5 nitrogen and oxygen atoms in total. The topological polar surface area (TPSA) is 69.6 Å². The molecule has 1 aliphatic carbocycles. The van der Waals surface area contributed by atoms with Crippen LogP contribution in [0.1, 0.15) is 86.2 Å². The van der Waals surface area contributed by atoms with Crippen LogP contribution in [0.2, 0.25) is 0 Å². The molecule has 0 heterocycles. The molecule has 1 saturated carbocycles. The number of rotatable bonds is 15. The minimum atomic E-state index is -0.994. The van der Waals surface area contributed by atoms with Crippen LogP contribution < -0.4 is 5.32 Å². The third kappa shape index (κ3) is 9.16. The zero-order valence-electron chi connectivity index (χ0n) is 23.5. The highest BCUT2D eigenvalue weighted by molar-refractivity contribution is 7.98. The Kier molecular flexibility index (Phi) is 12.7. The number of aryl methyl sites for hydroxylation is 1. The number of amides is 1. The molecule has 0 aliphatic heterocycles. The first kappa shape index (κ1) is 30.2. The zero-order chi connectivity index (χ0) is 27.3. The number of aliphatic carboxylic acids is 1. The number of carbonyl (C=O) groups is 2. The van der Waals surface area contributed by atoms with Crippen molar-refractivity contribution in [3.05, 3.63) is 59.2 Å². The van der Waals surface area contributed by atoms with Crippen molar-refractivity contribution in [2.75, 3.05) is 25.1 Å². The Balaban J connectivity index is 1.85. The smallest absolute Gasteiger partial charge is 0.326 e. The average Bonchev–Trinajstić information content (AvgIpc) is 2.93. The molecule has 0 aromatic heterocycles. The molecule has 1 amide bonds. The Labute approximate surface area is 233 Å². The van der Waals surface area contributed by atoms with Crippen LogP contribution in [0.3, 0.4) is 0 Å². The molecular weight excluding hydrogens is 492 g/mol. The van der Waals surface area contributed by atoms with Gasteiger partial charge in [0.1, 0.15) is 6.04 Å².